The summed E-state index contributed by atoms with van der Waals surface area (Å²) in [6.07, 6.45) is 1.25. The van der Waals surface area contributed by atoms with E-state index >= 15 is 0 Å². The first-order chi connectivity index (χ1) is 12.9. The fraction of sp³-hybridized carbons (Fsp3) is 0.250. The third kappa shape index (κ3) is 3.31. The lowest BCUT2D eigenvalue weighted by Gasteiger charge is -2.49. The van der Waals surface area contributed by atoms with E-state index < -0.39 is 0 Å². The lowest BCUT2D eigenvalue weighted by molar-refractivity contribution is -0.0543. The van der Waals surface area contributed by atoms with Gasteiger partial charge in [-0.15, -0.1) is 0 Å². The van der Waals surface area contributed by atoms with Crippen LogP contribution < -0.4 is 0 Å². The lowest BCUT2D eigenvalue weighted by atomic mass is 9.86. The van der Waals surface area contributed by atoms with Crippen LogP contribution in [0, 0.1) is 0 Å². The molecule has 0 aliphatic carbocycles. The average Bonchev–Trinajstić information content (AvgIpc) is 2.71. The Hall–Kier alpha value is -2.42. The van der Waals surface area contributed by atoms with E-state index in [1.165, 1.54) is 16.7 Å². The topological polar surface area (TPSA) is 12.5 Å². The maximum atomic E-state index is 5.95. The molecule has 3 aromatic rings. The molecule has 1 aliphatic heterocycles. The summed E-state index contributed by atoms with van der Waals surface area (Å²) in [6.45, 7) is 1.09. The number of nitrogens with zero attached hydrogens (tertiary/aromatic N) is 1. The van der Waals surface area contributed by atoms with Gasteiger partial charge in [0.25, 0.3) is 0 Å². The highest BCUT2D eigenvalue weighted by Gasteiger charge is 2.40. The van der Waals surface area contributed by atoms with Crippen LogP contribution >= 0.6 is 0 Å². The predicted octanol–water partition coefficient (Wildman–Crippen LogP) is 5.24. The molecule has 2 nitrogen and oxygen atoms in total. The number of benzene rings is 3. The number of hydrogen-bond donors (Lipinski definition) is 0. The van der Waals surface area contributed by atoms with Gasteiger partial charge in [-0.1, -0.05) is 91.0 Å². The Morgan fingerprint density at radius 2 is 1.19 bits per heavy atom. The highest BCUT2D eigenvalue weighted by molar-refractivity contribution is 5.33. The summed E-state index contributed by atoms with van der Waals surface area (Å²) in [5, 5.41) is 0. The molecule has 2 heteroatoms. The summed E-state index contributed by atoms with van der Waals surface area (Å²) in [6, 6.07) is 32.9. The van der Waals surface area contributed by atoms with Gasteiger partial charge in [-0.2, -0.15) is 0 Å². The third-order valence-electron chi connectivity index (χ3n) is 5.40. The highest BCUT2D eigenvalue weighted by atomic mass is 16.5. The summed E-state index contributed by atoms with van der Waals surface area (Å²) in [4.78, 5) is 2.59. The lowest BCUT2D eigenvalue weighted by Crippen LogP contribution is -2.53. The number of methoxy groups -OCH3 is 1. The molecule has 1 heterocycles. The van der Waals surface area contributed by atoms with E-state index in [0.29, 0.717) is 6.04 Å². The molecule has 0 bridgehead atoms. The Bertz CT molecular complexity index is 764. The molecule has 1 saturated heterocycles. The second-order valence-corrected chi connectivity index (χ2v) is 6.88. The summed E-state index contributed by atoms with van der Waals surface area (Å²) < 4.78 is 5.95. The van der Waals surface area contributed by atoms with E-state index in [-0.39, 0.29) is 12.1 Å². The minimum Gasteiger partial charge on any atom is -0.375 e. The average molecular weight is 343 g/mol. The molecule has 4 rings (SSSR count). The Balaban J connectivity index is 1.68. The van der Waals surface area contributed by atoms with E-state index in [2.05, 4.69) is 95.9 Å². The van der Waals surface area contributed by atoms with Crippen LogP contribution in [0.2, 0.25) is 0 Å². The van der Waals surface area contributed by atoms with Gasteiger partial charge in [-0.3, -0.25) is 4.90 Å². The van der Waals surface area contributed by atoms with Gasteiger partial charge in [0.15, 0.2) is 0 Å². The zero-order valence-corrected chi connectivity index (χ0v) is 15.2. The molecule has 0 saturated carbocycles. The minimum atomic E-state index is 0.0971. The summed E-state index contributed by atoms with van der Waals surface area (Å²) >= 11 is 0. The quantitative estimate of drug-likeness (QED) is 0.607. The van der Waals surface area contributed by atoms with Gasteiger partial charge in [0, 0.05) is 19.7 Å². The van der Waals surface area contributed by atoms with E-state index in [0.717, 1.165) is 13.0 Å². The molecule has 0 aromatic heterocycles. The maximum absolute atomic E-state index is 5.95. The summed E-state index contributed by atoms with van der Waals surface area (Å²) in [5.74, 6) is 0. The van der Waals surface area contributed by atoms with Gasteiger partial charge in [0.1, 0.15) is 0 Å². The van der Waals surface area contributed by atoms with Crippen LogP contribution in [0.1, 0.15) is 35.3 Å². The van der Waals surface area contributed by atoms with Crippen molar-refractivity contribution in [3.63, 3.8) is 0 Å². The normalized spacial score (nSPS) is 18.5. The Kier molecular flexibility index (Phi) is 5.14. The zero-order chi connectivity index (χ0) is 17.8. The van der Waals surface area contributed by atoms with Crippen molar-refractivity contribution in [2.75, 3.05) is 13.7 Å². The molecule has 3 aromatic carbocycles. The molecule has 132 valence electrons. The second kappa shape index (κ2) is 7.86. The van der Waals surface area contributed by atoms with E-state index in [4.69, 9.17) is 4.74 Å². The SMILES string of the molecule is COC(c1ccccc1)C1CCN1C(c1ccccc1)c1ccccc1. The molecule has 0 amide bonds. The second-order valence-electron chi connectivity index (χ2n) is 6.88. The predicted molar refractivity (Wildman–Crippen MR) is 106 cm³/mol. The molecule has 1 aliphatic rings. The van der Waals surface area contributed by atoms with Crippen molar-refractivity contribution < 1.29 is 4.74 Å². The molecule has 0 spiro atoms. The first-order valence-corrected chi connectivity index (χ1v) is 9.32. The van der Waals surface area contributed by atoms with Crippen LogP contribution in [0.3, 0.4) is 0 Å². The van der Waals surface area contributed by atoms with Crippen LogP contribution in [0.5, 0.6) is 0 Å². The maximum Gasteiger partial charge on any atom is 0.0977 e. The largest absolute Gasteiger partial charge is 0.375 e. The molecule has 2 atom stereocenters. The fourth-order valence-electron chi connectivity index (χ4n) is 4.08. The van der Waals surface area contributed by atoms with Crippen LogP contribution in [-0.2, 0) is 4.74 Å². The smallest absolute Gasteiger partial charge is 0.0977 e. The van der Waals surface area contributed by atoms with Gasteiger partial charge < -0.3 is 4.74 Å². The molecular formula is C24H25NO. The van der Waals surface area contributed by atoms with Gasteiger partial charge in [-0.05, 0) is 23.1 Å². The van der Waals surface area contributed by atoms with Crippen molar-refractivity contribution in [1.82, 2.24) is 4.90 Å². The number of ether oxygens (including phenoxy) is 1. The molecule has 26 heavy (non-hydrogen) atoms. The van der Waals surface area contributed by atoms with Crippen LogP contribution in [0.4, 0.5) is 0 Å². The van der Waals surface area contributed by atoms with E-state index in [1.54, 1.807) is 0 Å². The molecule has 2 unspecified atom stereocenters. The van der Waals surface area contributed by atoms with Gasteiger partial charge in [0.2, 0.25) is 0 Å². The highest BCUT2D eigenvalue weighted by Crippen LogP contribution is 2.41. The number of rotatable bonds is 6. The van der Waals surface area contributed by atoms with E-state index in [9.17, 15) is 0 Å². The number of likely N-dealkylation sites (tertiary alicyclic amines) is 1. The van der Waals surface area contributed by atoms with Crippen LogP contribution in [0.15, 0.2) is 91.0 Å². The molecule has 0 N–H and O–H groups in total. The minimum absolute atomic E-state index is 0.0971. The van der Waals surface area contributed by atoms with Gasteiger partial charge in [0.05, 0.1) is 12.1 Å². The van der Waals surface area contributed by atoms with Crippen molar-refractivity contribution in [3.8, 4) is 0 Å². The monoisotopic (exact) mass is 343 g/mol. The van der Waals surface area contributed by atoms with E-state index in [1.807, 2.05) is 7.11 Å². The fourth-order valence-corrected chi connectivity index (χ4v) is 4.08. The summed E-state index contributed by atoms with van der Waals surface area (Å²) in [5.41, 5.74) is 3.93. The molecule has 1 fully saturated rings. The summed E-state index contributed by atoms with van der Waals surface area (Å²) in [7, 11) is 1.83. The van der Waals surface area contributed by atoms with Crippen molar-refractivity contribution in [2.24, 2.45) is 0 Å². The molecular weight excluding hydrogens is 318 g/mol. The van der Waals surface area contributed by atoms with Crippen molar-refractivity contribution in [3.05, 3.63) is 108 Å². The Morgan fingerprint density at radius 3 is 1.58 bits per heavy atom. The first-order valence-electron chi connectivity index (χ1n) is 9.32. The third-order valence-corrected chi connectivity index (χ3v) is 5.40. The number of hydrogen-bond acceptors (Lipinski definition) is 2. The molecule has 0 radical (unpaired) electrons. The Morgan fingerprint density at radius 1 is 0.731 bits per heavy atom. The van der Waals surface area contributed by atoms with Crippen LogP contribution in [0.25, 0.3) is 0 Å². The van der Waals surface area contributed by atoms with Crippen molar-refractivity contribution in [1.29, 1.82) is 0 Å². The standard InChI is InChI=1S/C24H25NO/c1-26-24(21-15-9-4-10-16-21)22-17-18-25(22)23(19-11-5-2-6-12-19)20-13-7-3-8-14-20/h2-16,22-24H,17-18H2,1H3. The van der Waals surface area contributed by atoms with Crippen molar-refractivity contribution >= 4 is 0 Å². The van der Waals surface area contributed by atoms with Crippen LogP contribution in [-0.4, -0.2) is 24.6 Å². The van der Waals surface area contributed by atoms with Crippen molar-refractivity contribution in [2.45, 2.75) is 24.6 Å². The first kappa shape index (κ1) is 17.0. The van der Waals surface area contributed by atoms with Gasteiger partial charge in [-0.25, -0.2) is 0 Å². The zero-order valence-electron chi connectivity index (χ0n) is 15.2. The Labute approximate surface area is 156 Å². The van der Waals surface area contributed by atoms with Gasteiger partial charge >= 0.3 is 0 Å².